The monoisotopic (exact) mass is 319 g/mol. The molecule has 22 heavy (non-hydrogen) atoms. The maximum Gasteiger partial charge on any atom is 0.230 e. The molecule has 3 rings (SSSR count). The molecule has 1 fully saturated rings. The van der Waals surface area contributed by atoms with Gasteiger partial charge in [-0.15, -0.1) is 11.3 Å². The fraction of sp³-hybridized carbons (Fsp3) is 0.562. The van der Waals surface area contributed by atoms with Crippen LogP contribution in [0.3, 0.4) is 0 Å². The van der Waals surface area contributed by atoms with Crippen molar-refractivity contribution < 1.29 is 9.32 Å². The van der Waals surface area contributed by atoms with Gasteiger partial charge in [0.2, 0.25) is 17.6 Å². The average molecular weight is 319 g/mol. The number of rotatable bonds is 4. The molecular weight excluding hydrogens is 298 g/mol. The number of amides is 1. The van der Waals surface area contributed by atoms with Crippen LogP contribution < -0.4 is 0 Å². The lowest BCUT2D eigenvalue weighted by atomic mass is 9.96. The Hall–Kier alpha value is -1.69. The minimum Gasteiger partial charge on any atom is -0.343 e. The standard InChI is InChI=1S/C16H21N3O2S/c1-11(2)10-14(20)19-7-5-12(6-8-19)16-17-15(18-21-16)13-4-3-9-22-13/h3-4,9,11-12H,5-8,10H2,1-2H3. The van der Waals surface area contributed by atoms with Crippen molar-refractivity contribution in [3.8, 4) is 10.7 Å². The van der Waals surface area contributed by atoms with E-state index in [1.807, 2.05) is 22.4 Å². The van der Waals surface area contributed by atoms with Gasteiger partial charge in [-0.3, -0.25) is 4.79 Å². The Morgan fingerprint density at radius 1 is 1.45 bits per heavy atom. The van der Waals surface area contributed by atoms with Crippen LogP contribution in [0.5, 0.6) is 0 Å². The Kier molecular flexibility index (Phi) is 4.57. The summed E-state index contributed by atoms with van der Waals surface area (Å²) in [4.78, 5) is 19.6. The normalized spacial score (nSPS) is 16.4. The molecule has 1 saturated heterocycles. The zero-order valence-corrected chi connectivity index (χ0v) is 13.8. The number of carbonyl (C=O) groups is 1. The number of hydrogen-bond acceptors (Lipinski definition) is 5. The number of likely N-dealkylation sites (tertiary alicyclic amines) is 1. The van der Waals surface area contributed by atoms with Crippen molar-refractivity contribution in [2.45, 2.75) is 39.0 Å². The highest BCUT2D eigenvalue weighted by Crippen LogP contribution is 2.30. The van der Waals surface area contributed by atoms with Crippen LogP contribution in [0.25, 0.3) is 10.7 Å². The van der Waals surface area contributed by atoms with Gasteiger partial charge in [-0.1, -0.05) is 25.1 Å². The third kappa shape index (κ3) is 3.38. The zero-order valence-electron chi connectivity index (χ0n) is 13.0. The first-order valence-corrected chi connectivity index (χ1v) is 8.66. The SMILES string of the molecule is CC(C)CC(=O)N1CCC(c2nc(-c3cccs3)no2)CC1. The molecule has 1 amide bonds. The molecule has 5 nitrogen and oxygen atoms in total. The molecule has 0 atom stereocenters. The molecule has 0 saturated carbocycles. The maximum atomic E-state index is 12.1. The van der Waals surface area contributed by atoms with Gasteiger partial charge in [0.25, 0.3) is 0 Å². The molecule has 2 aromatic heterocycles. The van der Waals surface area contributed by atoms with Crippen molar-refractivity contribution in [1.29, 1.82) is 0 Å². The highest BCUT2D eigenvalue weighted by Gasteiger charge is 2.27. The van der Waals surface area contributed by atoms with E-state index in [9.17, 15) is 4.79 Å². The molecule has 3 heterocycles. The number of carbonyl (C=O) groups excluding carboxylic acids is 1. The molecule has 0 aliphatic carbocycles. The Balaban J connectivity index is 1.59. The van der Waals surface area contributed by atoms with Gasteiger partial charge in [-0.2, -0.15) is 4.98 Å². The van der Waals surface area contributed by atoms with E-state index in [-0.39, 0.29) is 11.8 Å². The number of thiophene rings is 1. The predicted molar refractivity (Wildman–Crippen MR) is 85.6 cm³/mol. The topological polar surface area (TPSA) is 59.2 Å². The Morgan fingerprint density at radius 2 is 2.23 bits per heavy atom. The van der Waals surface area contributed by atoms with Gasteiger partial charge in [0, 0.05) is 25.4 Å². The minimum atomic E-state index is 0.262. The number of aromatic nitrogens is 2. The van der Waals surface area contributed by atoms with E-state index in [0.29, 0.717) is 24.1 Å². The minimum absolute atomic E-state index is 0.262. The lowest BCUT2D eigenvalue weighted by Crippen LogP contribution is -2.38. The molecule has 2 aromatic rings. The summed E-state index contributed by atoms with van der Waals surface area (Å²) in [6, 6.07) is 3.97. The van der Waals surface area contributed by atoms with E-state index in [1.54, 1.807) is 11.3 Å². The molecule has 0 spiro atoms. The summed E-state index contributed by atoms with van der Waals surface area (Å²) in [5, 5.41) is 6.08. The second-order valence-corrected chi connectivity index (χ2v) is 7.13. The largest absolute Gasteiger partial charge is 0.343 e. The number of hydrogen-bond donors (Lipinski definition) is 0. The third-order valence-corrected chi connectivity index (χ3v) is 4.83. The summed E-state index contributed by atoms with van der Waals surface area (Å²) in [6.45, 7) is 5.73. The molecule has 0 unspecified atom stereocenters. The van der Waals surface area contributed by atoms with Crippen molar-refractivity contribution in [2.24, 2.45) is 5.92 Å². The molecule has 0 bridgehead atoms. The second-order valence-electron chi connectivity index (χ2n) is 6.19. The van der Waals surface area contributed by atoms with Crippen molar-refractivity contribution in [3.63, 3.8) is 0 Å². The van der Waals surface area contributed by atoms with Crippen LogP contribution >= 0.6 is 11.3 Å². The highest BCUT2D eigenvalue weighted by atomic mass is 32.1. The van der Waals surface area contributed by atoms with Gasteiger partial charge >= 0.3 is 0 Å². The summed E-state index contributed by atoms with van der Waals surface area (Å²) in [5.74, 6) is 2.32. The molecular formula is C16H21N3O2S. The first-order valence-electron chi connectivity index (χ1n) is 7.78. The van der Waals surface area contributed by atoms with Gasteiger partial charge in [0.05, 0.1) is 4.88 Å². The molecule has 0 radical (unpaired) electrons. The van der Waals surface area contributed by atoms with Crippen LogP contribution in [-0.2, 0) is 4.79 Å². The van der Waals surface area contributed by atoms with Crippen LogP contribution in [0, 0.1) is 5.92 Å². The molecule has 0 aromatic carbocycles. The third-order valence-electron chi connectivity index (χ3n) is 3.96. The Bertz CT molecular complexity index is 613. The van der Waals surface area contributed by atoms with Gasteiger partial charge in [0.15, 0.2) is 0 Å². The van der Waals surface area contributed by atoms with E-state index in [4.69, 9.17) is 4.52 Å². The van der Waals surface area contributed by atoms with Crippen molar-refractivity contribution in [2.75, 3.05) is 13.1 Å². The lowest BCUT2D eigenvalue weighted by Gasteiger charge is -2.30. The Morgan fingerprint density at radius 3 is 2.86 bits per heavy atom. The van der Waals surface area contributed by atoms with E-state index in [1.165, 1.54) is 0 Å². The van der Waals surface area contributed by atoms with Gasteiger partial charge < -0.3 is 9.42 Å². The van der Waals surface area contributed by atoms with Crippen molar-refractivity contribution in [1.82, 2.24) is 15.0 Å². The van der Waals surface area contributed by atoms with Crippen LogP contribution in [-0.4, -0.2) is 34.0 Å². The van der Waals surface area contributed by atoms with Crippen LogP contribution in [0.1, 0.15) is 44.9 Å². The fourth-order valence-corrected chi connectivity index (χ4v) is 3.41. The lowest BCUT2D eigenvalue weighted by molar-refractivity contribution is -0.133. The van der Waals surface area contributed by atoms with Crippen molar-refractivity contribution >= 4 is 17.2 Å². The zero-order chi connectivity index (χ0) is 15.5. The molecule has 1 aliphatic heterocycles. The van der Waals surface area contributed by atoms with Gasteiger partial charge in [-0.05, 0) is 30.2 Å². The summed E-state index contributed by atoms with van der Waals surface area (Å²) in [7, 11) is 0. The van der Waals surface area contributed by atoms with E-state index < -0.39 is 0 Å². The quantitative estimate of drug-likeness (QED) is 0.864. The molecule has 118 valence electrons. The first-order chi connectivity index (χ1) is 10.6. The van der Waals surface area contributed by atoms with Crippen molar-refractivity contribution in [3.05, 3.63) is 23.4 Å². The summed E-state index contributed by atoms with van der Waals surface area (Å²) >= 11 is 1.61. The summed E-state index contributed by atoms with van der Waals surface area (Å²) in [6.07, 6.45) is 2.43. The van der Waals surface area contributed by atoms with Crippen LogP contribution in [0.15, 0.2) is 22.0 Å². The van der Waals surface area contributed by atoms with E-state index >= 15 is 0 Å². The molecule has 0 N–H and O–H groups in total. The molecule has 1 aliphatic rings. The van der Waals surface area contributed by atoms with Crippen LogP contribution in [0.4, 0.5) is 0 Å². The molecule has 6 heteroatoms. The highest BCUT2D eigenvalue weighted by molar-refractivity contribution is 7.13. The number of nitrogens with zero attached hydrogens (tertiary/aromatic N) is 3. The van der Waals surface area contributed by atoms with E-state index in [2.05, 4.69) is 24.0 Å². The fourth-order valence-electron chi connectivity index (χ4n) is 2.76. The van der Waals surface area contributed by atoms with E-state index in [0.717, 1.165) is 30.8 Å². The summed E-state index contributed by atoms with van der Waals surface area (Å²) in [5.41, 5.74) is 0. The number of piperidine rings is 1. The van der Waals surface area contributed by atoms with Gasteiger partial charge in [0.1, 0.15) is 0 Å². The van der Waals surface area contributed by atoms with Gasteiger partial charge in [-0.25, -0.2) is 0 Å². The smallest absolute Gasteiger partial charge is 0.230 e. The predicted octanol–water partition coefficient (Wildman–Crippen LogP) is 3.55. The second kappa shape index (κ2) is 6.60. The Labute approximate surface area is 134 Å². The first kappa shape index (κ1) is 15.2. The van der Waals surface area contributed by atoms with Crippen LogP contribution in [0.2, 0.25) is 0 Å². The summed E-state index contributed by atoms with van der Waals surface area (Å²) < 4.78 is 5.43. The average Bonchev–Trinajstić information content (AvgIpc) is 3.18. The maximum absolute atomic E-state index is 12.1.